The first-order valence-corrected chi connectivity index (χ1v) is 4.13. The van der Waals surface area contributed by atoms with E-state index >= 15 is 0 Å². The maximum absolute atomic E-state index is 11.1. The lowest BCUT2D eigenvalue weighted by Gasteiger charge is -2.13. The number of carbonyl (C=O) groups excluding carboxylic acids is 2. The predicted molar refractivity (Wildman–Crippen MR) is 51.3 cm³/mol. The van der Waals surface area contributed by atoms with Crippen molar-refractivity contribution < 1.29 is 9.59 Å². The summed E-state index contributed by atoms with van der Waals surface area (Å²) in [5, 5.41) is 2.86. The molecule has 0 aromatic rings. The fourth-order valence-electron chi connectivity index (χ4n) is 0.577. The maximum Gasteiger partial charge on any atom is 0.239 e. The molecule has 0 aliphatic rings. The van der Waals surface area contributed by atoms with Gasteiger partial charge in [0.2, 0.25) is 11.8 Å². The Morgan fingerprint density at radius 2 is 2.08 bits per heavy atom. The molecule has 0 fully saturated rings. The molecular weight excluding hydrogens is 192 g/mol. The van der Waals surface area contributed by atoms with Gasteiger partial charge >= 0.3 is 0 Å². The second kappa shape index (κ2) is 5.59. The number of rotatable bonds is 4. The van der Waals surface area contributed by atoms with Gasteiger partial charge in [-0.2, -0.15) is 0 Å². The van der Waals surface area contributed by atoms with E-state index in [1.165, 1.54) is 11.8 Å². The van der Waals surface area contributed by atoms with E-state index in [4.69, 9.17) is 11.6 Å². The van der Waals surface area contributed by atoms with E-state index < -0.39 is 0 Å². The first kappa shape index (κ1) is 12.0. The largest absolute Gasteiger partial charge is 0.350 e. The number of nitrogens with zero attached hydrogens (tertiary/aromatic N) is 1. The van der Waals surface area contributed by atoms with Gasteiger partial charge in [-0.3, -0.25) is 9.59 Å². The molecule has 0 saturated carbocycles. The molecule has 74 valence electrons. The maximum atomic E-state index is 11.1. The van der Waals surface area contributed by atoms with Crippen molar-refractivity contribution in [3.8, 4) is 0 Å². The highest BCUT2D eigenvalue weighted by Gasteiger charge is 2.07. The number of hydrogen-bond acceptors (Lipinski definition) is 2. The third kappa shape index (κ3) is 6.16. The molecule has 0 aromatic heterocycles. The van der Waals surface area contributed by atoms with Gasteiger partial charge in [0, 0.05) is 19.0 Å². The van der Waals surface area contributed by atoms with E-state index in [9.17, 15) is 9.59 Å². The van der Waals surface area contributed by atoms with E-state index in [1.807, 2.05) is 0 Å². The van der Waals surface area contributed by atoms with E-state index in [1.54, 1.807) is 7.05 Å². The fraction of sp³-hybridized carbons (Fsp3) is 0.500. The molecule has 2 amide bonds. The van der Waals surface area contributed by atoms with Crippen LogP contribution in [0.1, 0.15) is 6.92 Å². The summed E-state index contributed by atoms with van der Waals surface area (Å²) in [7, 11) is 1.55. The number of amides is 2. The molecule has 0 bridgehead atoms. The van der Waals surface area contributed by atoms with Crippen molar-refractivity contribution in [3.05, 3.63) is 11.6 Å². The van der Waals surface area contributed by atoms with E-state index in [-0.39, 0.29) is 24.9 Å². The summed E-state index contributed by atoms with van der Waals surface area (Å²) in [6.07, 6.45) is 0. The minimum atomic E-state index is -0.250. The highest BCUT2D eigenvalue weighted by molar-refractivity contribution is 6.29. The van der Waals surface area contributed by atoms with Gasteiger partial charge in [0.1, 0.15) is 0 Å². The first-order chi connectivity index (χ1) is 5.93. The highest BCUT2D eigenvalue weighted by atomic mass is 35.5. The zero-order valence-corrected chi connectivity index (χ0v) is 8.52. The van der Waals surface area contributed by atoms with Crippen LogP contribution in [-0.2, 0) is 9.59 Å². The molecule has 1 N–H and O–H groups in total. The van der Waals surface area contributed by atoms with Gasteiger partial charge in [-0.15, -0.1) is 0 Å². The molecule has 0 heterocycles. The Morgan fingerprint density at radius 1 is 1.54 bits per heavy atom. The molecule has 0 rings (SSSR count). The molecule has 0 aliphatic carbocycles. The van der Waals surface area contributed by atoms with Crippen molar-refractivity contribution in [1.29, 1.82) is 0 Å². The van der Waals surface area contributed by atoms with Crippen molar-refractivity contribution in [1.82, 2.24) is 10.2 Å². The Morgan fingerprint density at radius 3 is 2.46 bits per heavy atom. The van der Waals surface area contributed by atoms with Crippen LogP contribution in [0.25, 0.3) is 0 Å². The minimum Gasteiger partial charge on any atom is -0.350 e. The molecule has 0 unspecified atom stereocenters. The summed E-state index contributed by atoms with van der Waals surface area (Å²) < 4.78 is 0. The Bertz CT molecular complexity index is 228. The van der Waals surface area contributed by atoms with Gasteiger partial charge in [-0.25, -0.2) is 0 Å². The van der Waals surface area contributed by atoms with Gasteiger partial charge in [0.15, 0.2) is 0 Å². The normalized spacial score (nSPS) is 9.15. The molecule has 0 aliphatic heterocycles. The number of hydrogen-bond donors (Lipinski definition) is 1. The van der Waals surface area contributed by atoms with Gasteiger partial charge < -0.3 is 10.2 Å². The number of likely N-dealkylation sites (N-methyl/N-ethyl adjacent to an activating group) is 1. The van der Waals surface area contributed by atoms with Crippen LogP contribution >= 0.6 is 11.6 Å². The van der Waals surface area contributed by atoms with Gasteiger partial charge in [0.25, 0.3) is 0 Å². The van der Waals surface area contributed by atoms with Crippen molar-refractivity contribution >= 4 is 23.4 Å². The zero-order chi connectivity index (χ0) is 10.4. The second-order valence-electron chi connectivity index (χ2n) is 2.67. The Kier molecular flexibility index (Phi) is 5.14. The smallest absolute Gasteiger partial charge is 0.239 e. The zero-order valence-electron chi connectivity index (χ0n) is 7.76. The van der Waals surface area contributed by atoms with Crippen LogP contribution in [0.5, 0.6) is 0 Å². The summed E-state index contributed by atoms with van der Waals surface area (Å²) in [6.45, 7) is 5.08. The first-order valence-electron chi connectivity index (χ1n) is 3.75. The van der Waals surface area contributed by atoms with Gasteiger partial charge in [-0.1, -0.05) is 18.2 Å². The predicted octanol–water partition coefficient (Wildman–Crippen LogP) is 0.333. The molecule has 0 atom stereocenters. The fourth-order valence-corrected chi connectivity index (χ4v) is 0.644. The summed E-state index contributed by atoms with van der Waals surface area (Å²) >= 11 is 5.43. The summed E-state index contributed by atoms with van der Waals surface area (Å²) in [5.41, 5.74) is 0. The van der Waals surface area contributed by atoms with Crippen LogP contribution in [0.3, 0.4) is 0 Å². The quantitative estimate of drug-likeness (QED) is 0.718. The molecule has 5 heteroatoms. The monoisotopic (exact) mass is 204 g/mol. The molecular formula is C8H13ClN2O2. The van der Waals surface area contributed by atoms with E-state index in [0.717, 1.165) is 0 Å². The lowest BCUT2D eigenvalue weighted by Crippen LogP contribution is -2.37. The molecule has 0 radical (unpaired) electrons. The van der Waals surface area contributed by atoms with Gasteiger partial charge in [0.05, 0.1) is 13.1 Å². The highest BCUT2D eigenvalue weighted by Crippen LogP contribution is 1.92. The SMILES string of the molecule is C=C(Cl)CNC(=O)CN(C)C(C)=O. The lowest BCUT2D eigenvalue weighted by molar-refractivity contribution is -0.132. The van der Waals surface area contributed by atoms with E-state index in [2.05, 4.69) is 11.9 Å². The Labute approximate surface area is 82.5 Å². The average molecular weight is 205 g/mol. The number of halogens is 1. The van der Waals surface area contributed by atoms with Gasteiger partial charge in [-0.05, 0) is 0 Å². The average Bonchev–Trinajstić information content (AvgIpc) is 2.00. The van der Waals surface area contributed by atoms with Crippen molar-refractivity contribution in [3.63, 3.8) is 0 Å². The third-order valence-electron chi connectivity index (χ3n) is 1.40. The Hall–Kier alpha value is -1.03. The van der Waals surface area contributed by atoms with Crippen LogP contribution < -0.4 is 5.32 Å². The van der Waals surface area contributed by atoms with Crippen LogP contribution in [0, 0.1) is 0 Å². The molecule has 4 nitrogen and oxygen atoms in total. The number of nitrogens with one attached hydrogen (secondary N) is 1. The van der Waals surface area contributed by atoms with Crippen LogP contribution in [0.2, 0.25) is 0 Å². The number of carbonyl (C=O) groups is 2. The topological polar surface area (TPSA) is 49.4 Å². The molecule has 13 heavy (non-hydrogen) atoms. The van der Waals surface area contributed by atoms with Crippen LogP contribution in [0.15, 0.2) is 11.6 Å². The standard InChI is InChI=1S/C8H13ClN2O2/c1-6(9)4-10-8(13)5-11(3)7(2)12/h1,4-5H2,2-3H3,(H,10,13). The summed E-state index contributed by atoms with van der Waals surface area (Å²) in [5.74, 6) is -0.403. The van der Waals surface area contributed by atoms with Crippen LogP contribution in [0.4, 0.5) is 0 Å². The lowest BCUT2D eigenvalue weighted by atomic mass is 10.4. The van der Waals surface area contributed by atoms with Crippen molar-refractivity contribution in [2.45, 2.75) is 6.92 Å². The summed E-state index contributed by atoms with van der Waals surface area (Å²) in [6, 6.07) is 0. The van der Waals surface area contributed by atoms with Crippen molar-refractivity contribution in [2.24, 2.45) is 0 Å². The van der Waals surface area contributed by atoms with Crippen molar-refractivity contribution in [2.75, 3.05) is 20.1 Å². The minimum absolute atomic E-state index is 0.0412. The molecule has 0 spiro atoms. The molecule has 0 saturated heterocycles. The molecule has 0 aromatic carbocycles. The second-order valence-corrected chi connectivity index (χ2v) is 3.20. The van der Waals surface area contributed by atoms with Crippen LogP contribution in [-0.4, -0.2) is 36.9 Å². The third-order valence-corrected chi connectivity index (χ3v) is 1.53. The summed E-state index contributed by atoms with van der Waals surface area (Å²) in [4.78, 5) is 23.1. The van der Waals surface area contributed by atoms with E-state index in [0.29, 0.717) is 5.03 Å². The Balaban J connectivity index is 3.74.